The Kier molecular flexibility index (Phi) is 3.73. The van der Waals surface area contributed by atoms with E-state index < -0.39 is 11.6 Å². The molecule has 2 rings (SSSR count). The molecule has 6 heteroatoms. The number of ether oxygens (including phenoxy) is 1. The Bertz CT molecular complexity index is 607. The second-order valence-electron chi connectivity index (χ2n) is 3.48. The van der Waals surface area contributed by atoms with Crippen LogP contribution in [0.4, 0.5) is 14.5 Å². The summed E-state index contributed by atoms with van der Waals surface area (Å²) in [6, 6.07) is 6.46. The minimum absolute atomic E-state index is 0.0821. The van der Waals surface area contributed by atoms with Gasteiger partial charge in [-0.05, 0) is 34.1 Å². The zero-order valence-corrected chi connectivity index (χ0v) is 11.2. The van der Waals surface area contributed by atoms with Crippen LogP contribution in [-0.4, -0.2) is 0 Å². The number of hydrogen-bond donors (Lipinski definition) is 1. The number of rotatable bonds is 2. The number of nitrogens with two attached hydrogens (primary N) is 1. The van der Waals surface area contributed by atoms with Crippen molar-refractivity contribution < 1.29 is 13.5 Å². The third kappa shape index (κ3) is 2.73. The van der Waals surface area contributed by atoms with Crippen molar-refractivity contribution in [3.63, 3.8) is 0 Å². The van der Waals surface area contributed by atoms with Crippen molar-refractivity contribution >= 4 is 33.2 Å². The van der Waals surface area contributed by atoms with Crippen LogP contribution in [0.25, 0.3) is 0 Å². The van der Waals surface area contributed by atoms with E-state index in [2.05, 4.69) is 15.9 Å². The lowest BCUT2D eigenvalue weighted by atomic mass is 10.3. The first kappa shape index (κ1) is 13.1. The van der Waals surface area contributed by atoms with E-state index in [1.165, 1.54) is 18.2 Å². The van der Waals surface area contributed by atoms with Gasteiger partial charge in [0.1, 0.15) is 17.4 Å². The van der Waals surface area contributed by atoms with Gasteiger partial charge in [-0.3, -0.25) is 0 Å². The summed E-state index contributed by atoms with van der Waals surface area (Å²) < 4.78 is 32.1. The van der Waals surface area contributed by atoms with Crippen LogP contribution in [0.15, 0.2) is 34.8 Å². The van der Waals surface area contributed by atoms with E-state index in [0.717, 1.165) is 12.1 Å². The van der Waals surface area contributed by atoms with Crippen LogP contribution < -0.4 is 10.5 Å². The summed E-state index contributed by atoms with van der Waals surface area (Å²) in [6.45, 7) is 0. The van der Waals surface area contributed by atoms with Crippen LogP contribution in [0.3, 0.4) is 0 Å². The molecule has 0 saturated heterocycles. The molecule has 0 unspecified atom stereocenters. The molecule has 2 aromatic carbocycles. The zero-order valence-electron chi connectivity index (χ0n) is 8.88. The van der Waals surface area contributed by atoms with Gasteiger partial charge < -0.3 is 10.5 Å². The van der Waals surface area contributed by atoms with Gasteiger partial charge in [-0.15, -0.1) is 0 Å². The fourth-order valence-corrected chi connectivity index (χ4v) is 1.72. The van der Waals surface area contributed by atoms with Gasteiger partial charge in [0.2, 0.25) is 0 Å². The summed E-state index contributed by atoms with van der Waals surface area (Å²) in [5.74, 6) is -0.846. The maximum absolute atomic E-state index is 13.3. The van der Waals surface area contributed by atoms with E-state index in [-0.39, 0.29) is 22.2 Å². The predicted octanol–water partition coefficient (Wildman–Crippen LogP) is 4.76. The van der Waals surface area contributed by atoms with Gasteiger partial charge in [0.25, 0.3) is 0 Å². The average Bonchev–Trinajstić information content (AvgIpc) is 2.31. The smallest absolute Gasteiger partial charge is 0.153 e. The summed E-state index contributed by atoms with van der Waals surface area (Å²) in [7, 11) is 0. The molecular formula is C12H7BrClF2NO. The number of hydrogen-bond acceptors (Lipinski definition) is 2. The largest absolute Gasteiger partial charge is 0.455 e. The molecule has 2 N–H and O–H groups in total. The normalized spacial score (nSPS) is 10.4. The van der Waals surface area contributed by atoms with E-state index in [9.17, 15) is 8.78 Å². The number of anilines is 1. The molecule has 94 valence electrons. The van der Waals surface area contributed by atoms with Crippen LogP contribution in [0.2, 0.25) is 5.02 Å². The summed E-state index contributed by atoms with van der Waals surface area (Å²) >= 11 is 8.58. The molecule has 0 aliphatic heterocycles. The molecule has 0 spiro atoms. The molecule has 0 atom stereocenters. The molecule has 2 nitrogen and oxygen atoms in total. The number of halogens is 4. The number of benzene rings is 2. The van der Waals surface area contributed by atoms with Crippen molar-refractivity contribution in [1.29, 1.82) is 0 Å². The maximum atomic E-state index is 13.3. The van der Waals surface area contributed by atoms with Crippen molar-refractivity contribution in [2.45, 2.75) is 0 Å². The molecule has 0 fully saturated rings. The monoisotopic (exact) mass is 333 g/mol. The Morgan fingerprint density at radius 2 is 1.83 bits per heavy atom. The van der Waals surface area contributed by atoms with E-state index in [0.29, 0.717) is 4.47 Å². The van der Waals surface area contributed by atoms with Gasteiger partial charge in [0, 0.05) is 12.1 Å². The summed E-state index contributed by atoms with van der Waals surface area (Å²) in [5.41, 5.74) is 5.80. The molecule has 0 aliphatic rings. The molecule has 0 saturated carbocycles. The van der Waals surface area contributed by atoms with Crippen molar-refractivity contribution in [2.24, 2.45) is 0 Å². The Morgan fingerprint density at radius 1 is 1.11 bits per heavy atom. The lowest BCUT2D eigenvalue weighted by molar-refractivity contribution is 0.473. The highest BCUT2D eigenvalue weighted by Crippen LogP contribution is 2.32. The van der Waals surface area contributed by atoms with Crippen LogP contribution >= 0.6 is 27.5 Å². The topological polar surface area (TPSA) is 35.2 Å². The zero-order chi connectivity index (χ0) is 13.3. The molecule has 0 aromatic heterocycles. The first-order valence-corrected chi connectivity index (χ1v) is 6.02. The molecule has 0 radical (unpaired) electrons. The molecule has 0 amide bonds. The first-order valence-electron chi connectivity index (χ1n) is 4.85. The van der Waals surface area contributed by atoms with Gasteiger partial charge in [0.15, 0.2) is 5.75 Å². The first-order chi connectivity index (χ1) is 8.47. The van der Waals surface area contributed by atoms with Crippen LogP contribution in [0.1, 0.15) is 0 Å². The number of nitrogen functional groups attached to an aromatic ring is 1. The second-order valence-corrected chi connectivity index (χ2v) is 4.74. The Labute approximate surface area is 115 Å². The highest BCUT2D eigenvalue weighted by atomic mass is 79.9. The van der Waals surface area contributed by atoms with Gasteiger partial charge in [-0.2, -0.15) is 0 Å². The van der Waals surface area contributed by atoms with E-state index in [4.69, 9.17) is 22.1 Å². The molecule has 0 aliphatic carbocycles. The average molecular weight is 335 g/mol. The molecular weight excluding hydrogens is 327 g/mol. The SMILES string of the molecule is Nc1cc(Cl)c(F)cc1Oc1ccc(Br)c(F)c1. The van der Waals surface area contributed by atoms with Crippen molar-refractivity contribution in [1.82, 2.24) is 0 Å². The standard InChI is InChI=1S/C12H7BrClF2NO/c13-7-2-1-6(3-9(7)15)18-12-5-10(16)8(14)4-11(12)17/h1-5H,17H2. The van der Waals surface area contributed by atoms with Gasteiger partial charge in [0.05, 0.1) is 15.2 Å². The predicted molar refractivity (Wildman–Crippen MR) is 70.0 cm³/mol. The molecule has 0 heterocycles. The van der Waals surface area contributed by atoms with Crippen LogP contribution in [0, 0.1) is 11.6 Å². The van der Waals surface area contributed by atoms with Crippen LogP contribution in [-0.2, 0) is 0 Å². The minimum atomic E-state index is -0.654. The highest BCUT2D eigenvalue weighted by molar-refractivity contribution is 9.10. The molecule has 2 aromatic rings. The Hall–Kier alpha value is -1.33. The summed E-state index contributed by atoms with van der Waals surface area (Å²) in [6.07, 6.45) is 0. The molecule has 18 heavy (non-hydrogen) atoms. The fraction of sp³-hybridized carbons (Fsp3) is 0. The van der Waals surface area contributed by atoms with E-state index >= 15 is 0 Å². The van der Waals surface area contributed by atoms with Gasteiger partial charge in [-0.25, -0.2) is 8.78 Å². The Morgan fingerprint density at radius 3 is 2.50 bits per heavy atom. The lowest BCUT2D eigenvalue weighted by Crippen LogP contribution is -1.94. The van der Waals surface area contributed by atoms with Gasteiger partial charge in [-0.1, -0.05) is 11.6 Å². The summed E-state index contributed by atoms with van der Waals surface area (Å²) in [4.78, 5) is 0. The second kappa shape index (κ2) is 5.12. The van der Waals surface area contributed by atoms with E-state index in [1.807, 2.05) is 0 Å². The van der Waals surface area contributed by atoms with E-state index in [1.54, 1.807) is 0 Å². The fourth-order valence-electron chi connectivity index (χ4n) is 1.30. The third-order valence-electron chi connectivity index (χ3n) is 2.17. The van der Waals surface area contributed by atoms with Crippen molar-refractivity contribution in [2.75, 3.05) is 5.73 Å². The summed E-state index contributed by atoms with van der Waals surface area (Å²) in [5, 5.41) is -0.0955. The third-order valence-corrected chi connectivity index (χ3v) is 3.10. The van der Waals surface area contributed by atoms with Crippen molar-refractivity contribution in [3.8, 4) is 11.5 Å². The van der Waals surface area contributed by atoms with Crippen LogP contribution in [0.5, 0.6) is 11.5 Å². The maximum Gasteiger partial charge on any atom is 0.153 e. The lowest BCUT2D eigenvalue weighted by Gasteiger charge is -2.09. The quantitative estimate of drug-likeness (QED) is 0.804. The molecule has 0 bridgehead atoms. The highest BCUT2D eigenvalue weighted by Gasteiger charge is 2.09. The van der Waals surface area contributed by atoms with Crippen molar-refractivity contribution in [3.05, 3.63) is 51.5 Å². The van der Waals surface area contributed by atoms with Gasteiger partial charge >= 0.3 is 0 Å². The Balaban J connectivity index is 2.34. The minimum Gasteiger partial charge on any atom is -0.455 e.